The summed E-state index contributed by atoms with van der Waals surface area (Å²) in [6.45, 7) is 3.46. The number of amides is 2. The van der Waals surface area contributed by atoms with Crippen molar-refractivity contribution in [1.82, 2.24) is 9.80 Å². The lowest BCUT2D eigenvalue weighted by Gasteiger charge is -2.30. The highest BCUT2D eigenvalue weighted by atomic mass is 16.2. The Kier molecular flexibility index (Phi) is 5.12. The standard InChI is InChI=1S/C17H24N2O2/c1-13-5-7-14(8-6-13)15-11-16(20)19(17(21)12-15)10-4-9-18(2)3/h5-8,15H,4,9-12H2,1-3H3. The van der Waals surface area contributed by atoms with Crippen molar-refractivity contribution in [3.05, 3.63) is 35.4 Å². The normalized spacial score (nSPS) is 16.9. The molecule has 0 saturated carbocycles. The zero-order valence-electron chi connectivity index (χ0n) is 13.1. The molecule has 4 heteroatoms. The summed E-state index contributed by atoms with van der Waals surface area (Å²) in [5.41, 5.74) is 2.28. The first-order chi connectivity index (χ1) is 9.97. The molecule has 1 fully saturated rings. The first-order valence-corrected chi connectivity index (χ1v) is 7.52. The summed E-state index contributed by atoms with van der Waals surface area (Å²) in [7, 11) is 3.99. The Morgan fingerprint density at radius 1 is 1.10 bits per heavy atom. The Morgan fingerprint density at radius 2 is 1.67 bits per heavy atom. The zero-order valence-corrected chi connectivity index (χ0v) is 13.1. The van der Waals surface area contributed by atoms with Crippen LogP contribution >= 0.6 is 0 Å². The summed E-state index contributed by atoms with van der Waals surface area (Å²) < 4.78 is 0. The topological polar surface area (TPSA) is 40.6 Å². The Bertz CT molecular complexity index is 490. The smallest absolute Gasteiger partial charge is 0.229 e. The SMILES string of the molecule is Cc1ccc(C2CC(=O)N(CCCN(C)C)C(=O)C2)cc1. The lowest BCUT2D eigenvalue weighted by molar-refractivity contribution is -0.148. The first kappa shape index (κ1) is 15.7. The molecule has 0 aromatic heterocycles. The number of aryl methyl sites for hydroxylation is 1. The molecule has 0 N–H and O–H groups in total. The lowest BCUT2D eigenvalue weighted by atomic mass is 9.88. The molecule has 0 atom stereocenters. The molecular weight excluding hydrogens is 264 g/mol. The van der Waals surface area contributed by atoms with E-state index < -0.39 is 0 Å². The minimum atomic E-state index is -0.0319. The summed E-state index contributed by atoms with van der Waals surface area (Å²) in [5.74, 6) is -0.0261. The van der Waals surface area contributed by atoms with Gasteiger partial charge in [-0.15, -0.1) is 0 Å². The van der Waals surface area contributed by atoms with Crippen LogP contribution in [0.3, 0.4) is 0 Å². The molecule has 4 nitrogen and oxygen atoms in total. The molecule has 0 radical (unpaired) electrons. The second-order valence-corrected chi connectivity index (χ2v) is 6.11. The largest absolute Gasteiger partial charge is 0.309 e. The van der Waals surface area contributed by atoms with Gasteiger partial charge in [-0.1, -0.05) is 29.8 Å². The van der Waals surface area contributed by atoms with Gasteiger partial charge in [0.05, 0.1) is 0 Å². The Hall–Kier alpha value is -1.68. The van der Waals surface area contributed by atoms with E-state index in [1.54, 1.807) is 0 Å². The minimum absolute atomic E-state index is 0.0319. The number of rotatable bonds is 5. The van der Waals surface area contributed by atoms with Crippen molar-refractivity contribution in [3.8, 4) is 0 Å². The van der Waals surface area contributed by atoms with E-state index in [-0.39, 0.29) is 17.7 Å². The maximum Gasteiger partial charge on any atom is 0.229 e. The molecule has 0 unspecified atom stereocenters. The summed E-state index contributed by atoms with van der Waals surface area (Å²) in [4.78, 5) is 27.9. The maximum atomic E-state index is 12.2. The van der Waals surface area contributed by atoms with Crippen LogP contribution in [0.2, 0.25) is 0 Å². The van der Waals surface area contributed by atoms with Crippen LogP contribution in [0.1, 0.15) is 36.3 Å². The van der Waals surface area contributed by atoms with Gasteiger partial charge in [0.1, 0.15) is 0 Å². The quantitative estimate of drug-likeness (QED) is 0.780. The Balaban J connectivity index is 1.97. The number of imide groups is 1. The molecule has 1 aromatic carbocycles. The van der Waals surface area contributed by atoms with Gasteiger partial charge >= 0.3 is 0 Å². The molecule has 0 spiro atoms. The van der Waals surface area contributed by atoms with Gasteiger partial charge in [-0.25, -0.2) is 0 Å². The van der Waals surface area contributed by atoms with Gasteiger partial charge < -0.3 is 4.90 Å². The molecule has 1 heterocycles. The third-order valence-electron chi connectivity index (χ3n) is 3.98. The van der Waals surface area contributed by atoms with Gasteiger partial charge in [0.2, 0.25) is 11.8 Å². The number of benzene rings is 1. The van der Waals surface area contributed by atoms with Gasteiger partial charge in [0.25, 0.3) is 0 Å². The maximum absolute atomic E-state index is 12.2. The number of nitrogens with zero attached hydrogens (tertiary/aromatic N) is 2. The van der Waals surface area contributed by atoms with Crippen molar-refractivity contribution in [2.24, 2.45) is 0 Å². The highest BCUT2D eigenvalue weighted by Gasteiger charge is 2.32. The third kappa shape index (κ3) is 4.14. The molecular formula is C17H24N2O2. The van der Waals surface area contributed by atoms with E-state index in [4.69, 9.17) is 0 Å². The fourth-order valence-corrected chi connectivity index (χ4v) is 2.72. The third-order valence-corrected chi connectivity index (χ3v) is 3.98. The summed E-state index contributed by atoms with van der Waals surface area (Å²) in [6.07, 6.45) is 1.72. The fourth-order valence-electron chi connectivity index (χ4n) is 2.72. The number of likely N-dealkylation sites (tertiary alicyclic amines) is 1. The van der Waals surface area contributed by atoms with E-state index in [1.165, 1.54) is 10.5 Å². The predicted octanol–water partition coefficient (Wildman–Crippen LogP) is 2.18. The van der Waals surface area contributed by atoms with Crippen LogP contribution in [-0.2, 0) is 9.59 Å². The number of piperidine rings is 1. The summed E-state index contributed by atoms with van der Waals surface area (Å²) >= 11 is 0. The fraction of sp³-hybridized carbons (Fsp3) is 0.529. The molecule has 2 rings (SSSR count). The zero-order chi connectivity index (χ0) is 15.4. The van der Waals surface area contributed by atoms with Crippen LogP contribution in [0.4, 0.5) is 0 Å². The van der Waals surface area contributed by atoms with Gasteiger partial charge in [0, 0.05) is 25.3 Å². The Morgan fingerprint density at radius 3 is 2.19 bits per heavy atom. The van der Waals surface area contributed by atoms with Crippen LogP contribution in [0.15, 0.2) is 24.3 Å². The van der Waals surface area contributed by atoms with E-state index in [1.807, 2.05) is 45.3 Å². The van der Waals surface area contributed by atoms with E-state index in [9.17, 15) is 9.59 Å². The predicted molar refractivity (Wildman–Crippen MR) is 83.0 cm³/mol. The number of hydrogen-bond acceptors (Lipinski definition) is 3. The highest BCUT2D eigenvalue weighted by Crippen LogP contribution is 2.29. The summed E-state index contributed by atoms with van der Waals surface area (Å²) in [5, 5.41) is 0. The van der Waals surface area contributed by atoms with E-state index >= 15 is 0 Å². The van der Waals surface area contributed by atoms with Crippen molar-refractivity contribution in [2.45, 2.75) is 32.1 Å². The van der Waals surface area contributed by atoms with Gasteiger partial charge in [-0.2, -0.15) is 0 Å². The van der Waals surface area contributed by atoms with Crippen LogP contribution in [0.25, 0.3) is 0 Å². The molecule has 0 aliphatic carbocycles. The highest BCUT2D eigenvalue weighted by molar-refractivity contribution is 5.98. The molecule has 2 amide bonds. The van der Waals surface area contributed by atoms with Crippen LogP contribution in [0, 0.1) is 6.92 Å². The number of carbonyl (C=O) groups excluding carboxylic acids is 2. The molecule has 1 saturated heterocycles. The Labute approximate surface area is 126 Å². The average Bonchev–Trinajstić information content (AvgIpc) is 2.42. The van der Waals surface area contributed by atoms with Gasteiger partial charge in [0.15, 0.2) is 0 Å². The van der Waals surface area contributed by atoms with Gasteiger partial charge in [-0.05, 0) is 39.5 Å². The molecule has 1 aliphatic heterocycles. The summed E-state index contributed by atoms with van der Waals surface area (Å²) in [6, 6.07) is 8.13. The molecule has 1 aliphatic rings. The van der Waals surface area contributed by atoms with Gasteiger partial charge in [-0.3, -0.25) is 14.5 Å². The van der Waals surface area contributed by atoms with E-state index in [0.29, 0.717) is 19.4 Å². The van der Waals surface area contributed by atoms with Crippen molar-refractivity contribution >= 4 is 11.8 Å². The van der Waals surface area contributed by atoms with Crippen LogP contribution < -0.4 is 0 Å². The van der Waals surface area contributed by atoms with E-state index in [0.717, 1.165) is 18.5 Å². The van der Waals surface area contributed by atoms with Crippen molar-refractivity contribution in [2.75, 3.05) is 27.2 Å². The average molecular weight is 288 g/mol. The molecule has 0 bridgehead atoms. The number of hydrogen-bond donors (Lipinski definition) is 0. The second-order valence-electron chi connectivity index (χ2n) is 6.11. The first-order valence-electron chi connectivity index (χ1n) is 7.52. The lowest BCUT2D eigenvalue weighted by Crippen LogP contribution is -2.43. The molecule has 114 valence electrons. The van der Waals surface area contributed by atoms with Crippen LogP contribution in [0.5, 0.6) is 0 Å². The van der Waals surface area contributed by atoms with Crippen molar-refractivity contribution < 1.29 is 9.59 Å². The number of carbonyl (C=O) groups is 2. The van der Waals surface area contributed by atoms with E-state index in [2.05, 4.69) is 4.90 Å². The van der Waals surface area contributed by atoms with Crippen molar-refractivity contribution in [3.63, 3.8) is 0 Å². The molecule has 21 heavy (non-hydrogen) atoms. The minimum Gasteiger partial charge on any atom is -0.309 e. The molecule has 1 aromatic rings. The van der Waals surface area contributed by atoms with Crippen molar-refractivity contribution in [1.29, 1.82) is 0 Å². The van der Waals surface area contributed by atoms with Crippen LogP contribution in [-0.4, -0.2) is 48.8 Å². The second kappa shape index (κ2) is 6.85. The monoisotopic (exact) mass is 288 g/mol.